The van der Waals surface area contributed by atoms with Crippen LogP contribution >= 0.6 is 28.1 Å². The van der Waals surface area contributed by atoms with Crippen LogP contribution in [0.15, 0.2) is 22.3 Å². The number of amides is 1. The number of benzene rings is 1. The highest BCUT2D eigenvalue weighted by atomic mass is 79.9. The van der Waals surface area contributed by atoms with Crippen LogP contribution in [0.25, 0.3) is 6.08 Å². The summed E-state index contributed by atoms with van der Waals surface area (Å²) < 4.78 is 12.2. The molecule has 1 aliphatic heterocycles. The van der Waals surface area contributed by atoms with Crippen molar-refractivity contribution in [3.8, 4) is 11.5 Å². The molecule has 0 aromatic heterocycles. The van der Waals surface area contributed by atoms with Gasteiger partial charge in [-0.25, -0.2) is 0 Å². The Balaban J connectivity index is 1.87. The lowest BCUT2D eigenvalue weighted by atomic mass is 9.94. The number of carbonyl (C=O) groups excluding carboxylic acids is 1. The Labute approximate surface area is 174 Å². The molecular formula is C20H25BrN2O3S. The van der Waals surface area contributed by atoms with Gasteiger partial charge < -0.3 is 14.8 Å². The molecule has 7 heteroatoms. The third-order valence-electron chi connectivity index (χ3n) is 4.78. The number of rotatable bonds is 6. The van der Waals surface area contributed by atoms with Gasteiger partial charge in [-0.1, -0.05) is 19.3 Å². The molecule has 0 radical (unpaired) electrons. The minimum Gasteiger partial charge on any atom is -0.490 e. The van der Waals surface area contributed by atoms with Gasteiger partial charge in [0, 0.05) is 6.04 Å². The molecule has 1 amide bonds. The number of ether oxygens (including phenoxy) is 2. The Kier molecular flexibility index (Phi) is 6.76. The standard InChI is InChI=1S/C20H25BrN2O3S/c1-3-25-17-12-13(10-15(21)18(17)26-4-2)11-16-19(24)23(20(27)22-16)14-8-6-5-7-9-14/h10-12,14H,3-9H2,1-2H3,(H,22,27)/b16-11+. The smallest absolute Gasteiger partial charge is 0.276 e. The average molecular weight is 453 g/mol. The molecule has 0 atom stereocenters. The molecule has 1 saturated carbocycles. The molecule has 1 aromatic rings. The van der Waals surface area contributed by atoms with Crippen LogP contribution in [0.1, 0.15) is 51.5 Å². The Morgan fingerprint density at radius 2 is 1.93 bits per heavy atom. The largest absolute Gasteiger partial charge is 0.490 e. The van der Waals surface area contributed by atoms with E-state index in [1.54, 1.807) is 4.90 Å². The molecule has 0 bridgehead atoms. The summed E-state index contributed by atoms with van der Waals surface area (Å²) >= 11 is 8.98. The number of hydrogen-bond acceptors (Lipinski definition) is 4. The van der Waals surface area contributed by atoms with Crippen molar-refractivity contribution in [3.63, 3.8) is 0 Å². The van der Waals surface area contributed by atoms with Gasteiger partial charge in [-0.3, -0.25) is 9.69 Å². The molecule has 27 heavy (non-hydrogen) atoms. The maximum atomic E-state index is 12.9. The van der Waals surface area contributed by atoms with Crippen LogP contribution < -0.4 is 14.8 Å². The first-order valence-corrected chi connectivity index (χ1v) is 10.7. The Morgan fingerprint density at radius 3 is 2.59 bits per heavy atom. The molecule has 3 rings (SSSR count). The van der Waals surface area contributed by atoms with Crippen molar-refractivity contribution in [3.05, 3.63) is 27.9 Å². The lowest BCUT2D eigenvalue weighted by Gasteiger charge is -2.29. The van der Waals surface area contributed by atoms with Crippen molar-refractivity contribution >= 4 is 45.2 Å². The minimum atomic E-state index is -0.0464. The number of nitrogens with zero attached hydrogens (tertiary/aromatic N) is 1. The highest BCUT2D eigenvalue weighted by Crippen LogP contribution is 2.38. The molecule has 1 aliphatic carbocycles. The first-order chi connectivity index (χ1) is 13.0. The van der Waals surface area contributed by atoms with Crippen molar-refractivity contribution in [2.45, 2.75) is 52.0 Å². The van der Waals surface area contributed by atoms with Crippen molar-refractivity contribution in [2.24, 2.45) is 0 Å². The van der Waals surface area contributed by atoms with Crippen LogP contribution in [0.3, 0.4) is 0 Å². The van der Waals surface area contributed by atoms with Crippen molar-refractivity contribution in [2.75, 3.05) is 13.2 Å². The number of hydrogen-bond donors (Lipinski definition) is 1. The molecule has 1 heterocycles. The summed E-state index contributed by atoms with van der Waals surface area (Å²) in [4.78, 5) is 14.7. The topological polar surface area (TPSA) is 50.8 Å². The first-order valence-electron chi connectivity index (χ1n) is 9.50. The summed E-state index contributed by atoms with van der Waals surface area (Å²) in [6.07, 6.45) is 7.40. The number of halogens is 1. The van der Waals surface area contributed by atoms with E-state index < -0.39 is 0 Å². The molecule has 2 aliphatic rings. The number of carbonyl (C=O) groups is 1. The van der Waals surface area contributed by atoms with Gasteiger partial charge in [0.15, 0.2) is 16.6 Å². The molecule has 0 spiro atoms. The van der Waals surface area contributed by atoms with E-state index >= 15 is 0 Å². The lowest BCUT2D eigenvalue weighted by molar-refractivity contribution is -0.124. The second-order valence-electron chi connectivity index (χ2n) is 6.65. The summed E-state index contributed by atoms with van der Waals surface area (Å²) in [6, 6.07) is 4.01. The van der Waals surface area contributed by atoms with E-state index in [1.165, 1.54) is 6.42 Å². The number of thiocarbonyl (C=S) groups is 1. The second-order valence-corrected chi connectivity index (χ2v) is 7.89. The first kappa shape index (κ1) is 20.1. The van der Waals surface area contributed by atoms with Crippen LogP contribution in [-0.2, 0) is 4.79 Å². The normalized spacial score (nSPS) is 19.5. The highest BCUT2D eigenvalue weighted by molar-refractivity contribution is 9.10. The summed E-state index contributed by atoms with van der Waals surface area (Å²) in [6.45, 7) is 4.93. The van der Waals surface area contributed by atoms with E-state index in [4.69, 9.17) is 21.7 Å². The van der Waals surface area contributed by atoms with Gasteiger partial charge in [0.25, 0.3) is 5.91 Å². The van der Waals surface area contributed by atoms with E-state index in [1.807, 2.05) is 32.1 Å². The van der Waals surface area contributed by atoms with Crippen molar-refractivity contribution < 1.29 is 14.3 Å². The number of nitrogens with one attached hydrogen (secondary N) is 1. The van der Waals surface area contributed by atoms with E-state index in [2.05, 4.69) is 21.2 Å². The van der Waals surface area contributed by atoms with Crippen LogP contribution in [0, 0.1) is 0 Å². The van der Waals surface area contributed by atoms with Gasteiger partial charge in [-0.15, -0.1) is 0 Å². The fraction of sp³-hybridized carbons (Fsp3) is 0.500. The summed E-state index contributed by atoms with van der Waals surface area (Å²) in [5, 5.41) is 3.60. The molecule has 1 N–H and O–H groups in total. The fourth-order valence-electron chi connectivity index (χ4n) is 3.60. The van der Waals surface area contributed by atoms with Crippen LogP contribution in [0.4, 0.5) is 0 Å². The Bertz CT molecular complexity index is 760. The zero-order valence-electron chi connectivity index (χ0n) is 15.7. The van der Waals surface area contributed by atoms with E-state index in [-0.39, 0.29) is 11.9 Å². The molecule has 1 saturated heterocycles. The SMILES string of the molecule is CCOc1cc(/C=C2/NC(=S)N(C3CCCCC3)C2=O)cc(Br)c1OCC. The third kappa shape index (κ3) is 4.46. The zero-order chi connectivity index (χ0) is 19.4. The van der Waals surface area contributed by atoms with Crippen molar-refractivity contribution in [1.29, 1.82) is 0 Å². The van der Waals surface area contributed by atoms with Gasteiger partial charge >= 0.3 is 0 Å². The minimum absolute atomic E-state index is 0.0464. The third-order valence-corrected chi connectivity index (χ3v) is 5.67. The van der Waals surface area contributed by atoms with E-state index in [0.29, 0.717) is 35.5 Å². The van der Waals surface area contributed by atoms with Crippen LogP contribution in [0.2, 0.25) is 0 Å². The molecule has 1 aromatic carbocycles. The van der Waals surface area contributed by atoms with Gasteiger partial charge in [0.2, 0.25) is 0 Å². The lowest BCUT2D eigenvalue weighted by Crippen LogP contribution is -2.41. The summed E-state index contributed by atoms with van der Waals surface area (Å²) in [7, 11) is 0. The average Bonchev–Trinajstić information content (AvgIpc) is 2.92. The molecule has 146 valence electrons. The van der Waals surface area contributed by atoms with Crippen LogP contribution in [0.5, 0.6) is 11.5 Å². The summed E-state index contributed by atoms with van der Waals surface area (Å²) in [5.74, 6) is 1.28. The van der Waals surface area contributed by atoms with E-state index in [0.717, 1.165) is 35.7 Å². The van der Waals surface area contributed by atoms with Gasteiger partial charge in [0.05, 0.1) is 17.7 Å². The van der Waals surface area contributed by atoms with E-state index in [9.17, 15) is 4.79 Å². The van der Waals surface area contributed by atoms with Gasteiger partial charge in [-0.05, 0) is 78.6 Å². The molecular weight excluding hydrogens is 428 g/mol. The monoisotopic (exact) mass is 452 g/mol. The van der Waals surface area contributed by atoms with Gasteiger partial charge in [-0.2, -0.15) is 0 Å². The maximum Gasteiger partial charge on any atom is 0.276 e. The fourth-order valence-corrected chi connectivity index (χ4v) is 4.52. The van der Waals surface area contributed by atoms with Gasteiger partial charge in [0.1, 0.15) is 5.70 Å². The molecule has 2 fully saturated rings. The molecule has 0 unspecified atom stereocenters. The molecule has 5 nitrogen and oxygen atoms in total. The maximum absolute atomic E-state index is 12.9. The summed E-state index contributed by atoms with van der Waals surface area (Å²) in [5.41, 5.74) is 1.35. The predicted molar refractivity (Wildman–Crippen MR) is 114 cm³/mol. The highest BCUT2D eigenvalue weighted by Gasteiger charge is 2.36. The van der Waals surface area contributed by atoms with Crippen molar-refractivity contribution in [1.82, 2.24) is 10.2 Å². The van der Waals surface area contributed by atoms with Crippen LogP contribution in [-0.4, -0.2) is 35.2 Å². The Hall–Kier alpha value is -1.60. The predicted octanol–water partition coefficient (Wildman–Crippen LogP) is 4.64. The quantitative estimate of drug-likeness (QED) is 0.503. The Morgan fingerprint density at radius 1 is 1.22 bits per heavy atom. The second kappa shape index (κ2) is 9.06. The zero-order valence-corrected chi connectivity index (χ0v) is 18.1.